The van der Waals surface area contributed by atoms with Gasteiger partial charge in [-0.15, -0.1) is 16.4 Å². The number of hydrogen-bond acceptors (Lipinski definition) is 5. The molecule has 2 aromatic heterocycles. The lowest BCUT2D eigenvalue weighted by Crippen LogP contribution is -1.97. The Balaban J connectivity index is 1.63. The van der Waals surface area contributed by atoms with Gasteiger partial charge >= 0.3 is 0 Å². The van der Waals surface area contributed by atoms with Crippen molar-refractivity contribution in [3.8, 4) is 23.0 Å². The molecule has 0 bridgehead atoms. The van der Waals surface area contributed by atoms with E-state index in [4.69, 9.17) is 0 Å². The van der Waals surface area contributed by atoms with Crippen LogP contribution >= 0.6 is 11.3 Å². The minimum Gasteiger partial charge on any atom is -0.235 e. The fourth-order valence-corrected chi connectivity index (χ4v) is 3.25. The number of hydrogen-bond donors (Lipinski definition) is 0. The molecule has 0 N–H and O–H groups in total. The summed E-state index contributed by atoms with van der Waals surface area (Å²) < 4.78 is 0. The highest BCUT2D eigenvalue weighted by Gasteiger charge is 2.10. The third-order valence-electron chi connectivity index (χ3n) is 3.71. The minimum atomic E-state index is 0.470. The number of nitriles is 1. The molecule has 0 aliphatic rings. The van der Waals surface area contributed by atoms with E-state index in [2.05, 4.69) is 21.3 Å². The maximum atomic E-state index is 9.54. The van der Waals surface area contributed by atoms with E-state index < -0.39 is 0 Å². The lowest BCUT2D eigenvalue weighted by Gasteiger charge is -1.97. The van der Waals surface area contributed by atoms with Crippen molar-refractivity contribution in [2.45, 2.75) is 0 Å². The van der Waals surface area contributed by atoms with Crippen LogP contribution in [0.4, 0.5) is 0 Å². The van der Waals surface area contributed by atoms with Crippen LogP contribution in [0.3, 0.4) is 0 Å². The Morgan fingerprint density at radius 1 is 1.04 bits per heavy atom. The quantitative estimate of drug-likeness (QED) is 0.507. The molecule has 2 aromatic carbocycles. The largest absolute Gasteiger partial charge is 0.235 e. The highest BCUT2D eigenvalue weighted by Crippen LogP contribution is 2.26. The summed E-state index contributed by atoms with van der Waals surface area (Å²) in [5.41, 5.74) is 3.84. The lowest BCUT2D eigenvalue weighted by atomic mass is 10.2. The van der Waals surface area contributed by atoms with Crippen LogP contribution in [0.5, 0.6) is 0 Å². The van der Waals surface area contributed by atoms with Crippen molar-refractivity contribution in [3.63, 3.8) is 0 Å². The van der Waals surface area contributed by atoms with Crippen molar-refractivity contribution >= 4 is 23.0 Å². The molecule has 0 amide bonds. The van der Waals surface area contributed by atoms with Crippen LogP contribution in [0.1, 0.15) is 10.7 Å². The van der Waals surface area contributed by atoms with Crippen molar-refractivity contribution in [1.29, 1.82) is 5.26 Å². The molecule has 0 aliphatic carbocycles. The van der Waals surface area contributed by atoms with Gasteiger partial charge in [-0.05, 0) is 18.2 Å². The predicted molar refractivity (Wildman–Crippen MR) is 102 cm³/mol. The van der Waals surface area contributed by atoms with E-state index in [1.54, 1.807) is 12.3 Å². The molecule has 0 radical (unpaired) electrons. The first kappa shape index (κ1) is 15.9. The number of nitrogens with zero attached hydrogens (tertiary/aromatic N) is 5. The molecule has 5 nitrogen and oxygen atoms in total. The first-order valence-corrected chi connectivity index (χ1v) is 8.82. The summed E-state index contributed by atoms with van der Waals surface area (Å²) in [6, 6.07) is 21.8. The highest BCUT2D eigenvalue weighted by atomic mass is 32.1. The van der Waals surface area contributed by atoms with Gasteiger partial charge in [0.05, 0.1) is 23.2 Å². The van der Waals surface area contributed by atoms with Crippen LogP contribution in [-0.2, 0) is 0 Å². The summed E-state index contributed by atoms with van der Waals surface area (Å²) in [5, 5.41) is 20.8. The van der Waals surface area contributed by atoms with Gasteiger partial charge < -0.3 is 0 Å². The molecule has 0 aliphatic heterocycles. The molecule has 0 unspecified atom stereocenters. The summed E-state index contributed by atoms with van der Waals surface area (Å²) in [6.07, 6.45) is 3.34. The number of rotatable bonds is 4. The minimum absolute atomic E-state index is 0.470. The van der Waals surface area contributed by atoms with E-state index in [1.165, 1.54) is 16.1 Å². The van der Waals surface area contributed by atoms with E-state index in [-0.39, 0.29) is 0 Å². The standard InChI is InChI=1S/C20H13N5S/c21-12-16(20-23-19(14-26-20)15-7-3-1-4-8-15)11-17-13-22-25(24-17)18-9-5-2-6-10-18/h1-11,13-14H/b16-11+. The van der Waals surface area contributed by atoms with Gasteiger partial charge in [0, 0.05) is 10.9 Å². The summed E-state index contributed by atoms with van der Waals surface area (Å²) in [4.78, 5) is 6.13. The Morgan fingerprint density at radius 3 is 2.50 bits per heavy atom. The lowest BCUT2D eigenvalue weighted by molar-refractivity contribution is 0.750. The second kappa shape index (κ2) is 7.13. The third kappa shape index (κ3) is 3.29. The molecule has 0 saturated carbocycles. The second-order valence-corrected chi connectivity index (χ2v) is 6.33. The van der Waals surface area contributed by atoms with Gasteiger partial charge in [-0.1, -0.05) is 48.5 Å². The summed E-state index contributed by atoms with van der Waals surface area (Å²) in [7, 11) is 0. The Kier molecular flexibility index (Phi) is 4.37. The maximum Gasteiger partial charge on any atom is 0.134 e. The van der Waals surface area contributed by atoms with Crippen molar-refractivity contribution in [3.05, 3.63) is 82.9 Å². The average molecular weight is 355 g/mol. The number of allylic oxidation sites excluding steroid dienone is 1. The smallest absolute Gasteiger partial charge is 0.134 e. The molecule has 0 atom stereocenters. The zero-order valence-electron chi connectivity index (χ0n) is 13.6. The van der Waals surface area contributed by atoms with Gasteiger partial charge in [0.25, 0.3) is 0 Å². The Morgan fingerprint density at radius 2 is 1.77 bits per heavy atom. The summed E-state index contributed by atoms with van der Waals surface area (Å²) in [6.45, 7) is 0. The van der Waals surface area contributed by atoms with Crippen LogP contribution in [0.25, 0.3) is 28.6 Å². The van der Waals surface area contributed by atoms with Crippen LogP contribution in [0, 0.1) is 11.3 Å². The average Bonchev–Trinajstić information content (AvgIpc) is 3.37. The number of benzene rings is 2. The Bertz CT molecular complexity index is 1090. The first-order valence-electron chi connectivity index (χ1n) is 7.94. The summed E-state index contributed by atoms with van der Waals surface area (Å²) in [5.74, 6) is 0. The molecular weight excluding hydrogens is 342 g/mol. The van der Waals surface area contributed by atoms with Gasteiger partial charge in [0.2, 0.25) is 0 Å². The topological polar surface area (TPSA) is 67.4 Å². The van der Waals surface area contributed by atoms with Crippen molar-refractivity contribution < 1.29 is 0 Å². The molecule has 124 valence electrons. The Labute approximate surface area is 154 Å². The molecule has 0 spiro atoms. The van der Waals surface area contributed by atoms with Gasteiger partial charge in [-0.25, -0.2) is 4.98 Å². The van der Waals surface area contributed by atoms with Gasteiger partial charge in [0.1, 0.15) is 16.8 Å². The zero-order chi connectivity index (χ0) is 17.8. The highest BCUT2D eigenvalue weighted by molar-refractivity contribution is 7.11. The van der Waals surface area contributed by atoms with Crippen LogP contribution in [0.15, 0.2) is 72.2 Å². The molecule has 4 aromatic rings. The van der Waals surface area contributed by atoms with Gasteiger partial charge in [-0.2, -0.15) is 15.2 Å². The Hall–Kier alpha value is -3.56. The van der Waals surface area contributed by atoms with E-state index in [1.807, 2.05) is 66.0 Å². The molecule has 2 heterocycles. The summed E-state index contributed by atoms with van der Waals surface area (Å²) >= 11 is 1.44. The van der Waals surface area contributed by atoms with Crippen LogP contribution in [-0.4, -0.2) is 20.0 Å². The monoisotopic (exact) mass is 355 g/mol. The van der Waals surface area contributed by atoms with Crippen LogP contribution in [0.2, 0.25) is 0 Å². The third-order valence-corrected chi connectivity index (χ3v) is 4.59. The normalized spacial score (nSPS) is 11.3. The number of thiazole rings is 1. The first-order chi connectivity index (χ1) is 12.8. The fraction of sp³-hybridized carbons (Fsp3) is 0. The predicted octanol–water partition coefficient (Wildman–Crippen LogP) is 4.45. The SMILES string of the molecule is N#C/C(=C\c1cnn(-c2ccccc2)n1)c1nc(-c2ccccc2)cs1. The fourth-order valence-electron chi connectivity index (χ4n) is 2.46. The van der Waals surface area contributed by atoms with E-state index in [0.717, 1.165) is 16.9 Å². The molecular formula is C20H13N5S. The van der Waals surface area contributed by atoms with Crippen molar-refractivity contribution in [2.75, 3.05) is 0 Å². The molecule has 4 rings (SSSR count). The molecule has 0 fully saturated rings. The van der Waals surface area contributed by atoms with E-state index >= 15 is 0 Å². The second-order valence-electron chi connectivity index (χ2n) is 5.47. The van der Waals surface area contributed by atoms with E-state index in [0.29, 0.717) is 16.3 Å². The van der Waals surface area contributed by atoms with Crippen molar-refractivity contribution in [1.82, 2.24) is 20.0 Å². The molecule has 6 heteroatoms. The maximum absolute atomic E-state index is 9.54. The number of aromatic nitrogens is 4. The number of para-hydroxylation sites is 1. The molecule has 26 heavy (non-hydrogen) atoms. The van der Waals surface area contributed by atoms with Gasteiger partial charge in [-0.3, -0.25) is 0 Å². The van der Waals surface area contributed by atoms with Gasteiger partial charge in [0.15, 0.2) is 0 Å². The van der Waals surface area contributed by atoms with E-state index in [9.17, 15) is 5.26 Å². The molecule has 0 saturated heterocycles. The van der Waals surface area contributed by atoms with Crippen LogP contribution < -0.4 is 0 Å². The van der Waals surface area contributed by atoms with Crippen molar-refractivity contribution in [2.24, 2.45) is 0 Å². The zero-order valence-corrected chi connectivity index (χ0v) is 14.5.